The van der Waals surface area contributed by atoms with Gasteiger partial charge in [0.05, 0.1) is 0 Å². The summed E-state index contributed by atoms with van der Waals surface area (Å²) in [5, 5.41) is 8.75. The summed E-state index contributed by atoms with van der Waals surface area (Å²) in [4.78, 5) is 15.3. The van der Waals surface area contributed by atoms with Crippen molar-refractivity contribution in [3.63, 3.8) is 0 Å². The second-order valence-electron chi connectivity index (χ2n) is 5.01. The Labute approximate surface area is 113 Å². The van der Waals surface area contributed by atoms with Crippen LogP contribution in [0.5, 0.6) is 0 Å². The van der Waals surface area contributed by atoms with E-state index >= 15 is 0 Å². The predicted molar refractivity (Wildman–Crippen MR) is 77.4 cm³/mol. The number of hydrogen-bond donors (Lipinski definition) is 1. The summed E-state index contributed by atoms with van der Waals surface area (Å²) in [6.07, 6.45) is 2.86. The van der Waals surface area contributed by atoms with Crippen LogP contribution in [0.25, 0.3) is 6.08 Å². The minimum Gasteiger partial charge on any atom is -0.478 e. The highest BCUT2D eigenvalue weighted by Crippen LogP contribution is 2.24. The molecule has 1 fully saturated rings. The molecule has 1 unspecified atom stereocenters. The van der Waals surface area contributed by atoms with E-state index in [2.05, 4.69) is 29.8 Å². The largest absolute Gasteiger partial charge is 0.478 e. The van der Waals surface area contributed by atoms with Gasteiger partial charge in [0.1, 0.15) is 0 Å². The Balaban J connectivity index is 2.22. The lowest BCUT2D eigenvalue weighted by molar-refractivity contribution is -0.131. The van der Waals surface area contributed by atoms with Crippen molar-refractivity contribution in [2.75, 3.05) is 31.6 Å². The van der Waals surface area contributed by atoms with E-state index in [0.717, 1.165) is 30.9 Å². The first-order valence-corrected chi connectivity index (χ1v) is 6.53. The third-order valence-electron chi connectivity index (χ3n) is 3.64. The summed E-state index contributed by atoms with van der Waals surface area (Å²) in [5.41, 5.74) is 2.07. The fourth-order valence-electron chi connectivity index (χ4n) is 2.34. The molecule has 1 aromatic rings. The fourth-order valence-corrected chi connectivity index (χ4v) is 2.34. The normalized spacial score (nSPS) is 20.9. The Hall–Kier alpha value is -1.81. The second-order valence-corrected chi connectivity index (χ2v) is 5.01. The molecule has 1 aromatic carbocycles. The number of nitrogens with zero attached hydrogens (tertiary/aromatic N) is 2. The number of aliphatic carboxylic acids is 1. The zero-order valence-corrected chi connectivity index (χ0v) is 11.4. The van der Waals surface area contributed by atoms with Crippen molar-refractivity contribution in [3.05, 3.63) is 35.9 Å². The van der Waals surface area contributed by atoms with Gasteiger partial charge in [-0.05, 0) is 31.7 Å². The molecule has 0 aromatic heterocycles. The van der Waals surface area contributed by atoms with Gasteiger partial charge >= 0.3 is 5.97 Å². The number of carboxylic acid groups (broad SMARTS) is 1. The van der Waals surface area contributed by atoms with Crippen molar-refractivity contribution in [3.8, 4) is 0 Å². The standard InChI is InChI=1S/C15H20N2O2/c1-12-11-17(10-9-16(12)2)14-6-4-3-5-13(14)7-8-15(18)19/h3-8,12H,9-11H2,1-2H3,(H,18,19)/b8-7+. The van der Waals surface area contributed by atoms with Gasteiger partial charge in [0.15, 0.2) is 0 Å². The van der Waals surface area contributed by atoms with Crippen LogP contribution in [0.1, 0.15) is 12.5 Å². The number of carboxylic acids is 1. The van der Waals surface area contributed by atoms with Gasteiger partial charge in [0, 0.05) is 37.4 Å². The average molecular weight is 260 g/mol. The summed E-state index contributed by atoms with van der Waals surface area (Å²) < 4.78 is 0. The van der Waals surface area contributed by atoms with Crippen molar-refractivity contribution < 1.29 is 9.90 Å². The lowest BCUT2D eigenvalue weighted by Gasteiger charge is -2.39. The summed E-state index contributed by atoms with van der Waals surface area (Å²) in [6, 6.07) is 8.45. The Morgan fingerprint density at radius 1 is 1.37 bits per heavy atom. The Kier molecular flexibility index (Phi) is 4.22. The van der Waals surface area contributed by atoms with Gasteiger partial charge in [0.2, 0.25) is 0 Å². The minimum absolute atomic E-state index is 0.505. The molecule has 102 valence electrons. The maximum Gasteiger partial charge on any atom is 0.328 e. The topological polar surface area (TPSA) is 43.8 Å². The van der Waals surface area contributed by atoms with Gasteiger partial charge in [-0.1, -0.05) is 18.2 Å². The summed E-state index contributed by atoms with van der Waals surface area (Å²) in [6.45, 7) is 5.17. The van der Waals surface area contributed by atoms with Crippen molar-refractivity contribution in [1.29, 1.82) is 0 Å². The number of para-hydroxylation sites is 1. The molecule has 0 amide bonds. The molecule has 4 heteroatoms. The van der Waals surface area contributed by atoms with Crippen LogP contribution >= 0.6 is 0 Å². The molecule has 0 saturated carbocycles. The summed E-state index contributed by atoms with van der Waals surface area (Å²) in [7, 11) is 2.14. The van der Waals surface area contributed by atoms with Gasteiger partial charge in [0.25, 0.3) is 0 Å². The third kappa shape index (κ3) is 3.35. The van der Waals surface area contributed by atoms with Crippen LogP contribution in [-0.4, -0.2) is 48.7 Å². The van der Waals surface area contributed by atoms with Gasteiger partial charge in [-0.2, -0.15) is 0 Å². The van der Waals surface area contributed by atoms with Crippen LogP contribution in [0.4, 0.5) is 5.69 Å². The molecule has 1 heterocycles. The number of benzene rings is 1. The molecule has 1 aliphatic rings. The van der Waals surface area contributed by atoms with E-state index in [9.17, 15) is 4.79 Å². The molecule has 1 aliphatic heterocycles. The SMILES string of the molecule is CC1CN(c2ccccc2/C=C/C(=O)O)CCN1C. The number of anilines is 1. The molecular formula is C15H20N2O2. The van der Waals surface area contributed by atoms with E-state index < -0.39 is 5.97 Å². The zero-order valence-electron chi connectivity index (χ0n) is 11.4. The van der Waals surface area contributed by atoms with Crippen molar-refractivity contribution in [2.45, 2.75) is 13.0 Å². The average Bonchev–Trinajstić information content (AvgIpc) is 2.40. The summed E-state index contributed by atoms with van der Waals surface area (Å²) in [5.74, 6) is -0.915. The molecule has 0 aliphatic carbocycles. The van der Waals surface area contributed by atoms with Crippen LogP contribution in [0.2, 0.25) is 0 Å². The molecule has 1 atom stereocenters. The highest BCUT2D eigenvalue weighted by molar-refractivity contribution is 5.87. The molecule has 4 nitrogen and oxygen atoms in total. The quantitative estimate of drug-likeness (QED) is 0.843. The van der Waals surface area contributed by atoms with Crippen LogP contribution in [0.15, 0.2) is 30.3 Å². The minimum atomic E-state index is -0.915. The number of carbonyl (C=O) groups is 1. The summed E-state index contributed by atoms with van der Waals surface area (Å²) >= 11 is 0. The van der Waals surface area contributed by atoms with Crippen molar-refractivity contribution >= 4 is 17.7 Å². The van der Waals surface area contributed by atoms with E-state index in [4.69, 9.17) is 5.11 Å². The lowest BCUT2D eigenvalue weighted by atomic mass is 10.1. The van der Waals surface area contributed by atoms with E-state index in [1.807, 2.05) is 18.2 Å². The van der Waals surface area contributed by atoms with Crippen LogP contribution in [-0.2, 0) is 4.79 Å². The smallest absolute Gasteiger partial charge is 0.328 e. The fraction of sp³-hybridized carbons (Fsp3) is 0.400. The molecule has 0 spiro atoms. The first kappa shape index (κ1) is 13.6. The van der Waals surface area contributed by atoms with Crippen LogP contribution < -0.4 is 4.90 Å². The highest BCUT2D eigenvalue weighted by Gasteiger charge is 2.21. The molecule has 19 heavy (non-hydrogen) atoms. The number of hydrogen-bond acceptors (Lipinski definition) is 3. The van der Waals surface area contributed by atoms with Crippen LogP contribution in [0.3, 0.4) is 0 Å². The first-order chi connectivity index (χ1) is 9.08. The number of piperazine rings is 1. The number of rotatable bonds is 3. The monoisotopic (exact) mass is 260 g/mol. The third-order valence-corrected chi connectivity index (χ3v) is 3.64. The number of likely N-dealkylation sites (N-methyl/N-ethyl adjacent to an activating group) is 1. The highest BCUT2D eigenvalue weighted by atomic mass is 16.4. The molecule has 1 saturated heterocycles. The van der Waals surface area contributed by atoms with Crippen molar-refractivity contribution in [2.24, 2.45) is 0 Å². The van der Waals surface area contributed by atoms with E-state index in [-0.39, 0.29) is 0 Å². The predicted octanol–water partition coefficient (Wildman–Crippen LogP) is 1.92. The van der Waals surface area contributed by atoms with Gasteiger partial charge in [-0.3, -0.25) is 0 Å². The van der Waals surface area contributed by atoms with E-state index in [1.54, 1.807) is 6.08 Å². The van der Waals surface area contributed by atoms with Crippen molar-refractivity contribution in [1.82, 2.24) is 4.90 Å². The second kappa shape index (κ2) is 5.89. The Bertz CT molecular complexity index is 485. The van der Waals surface area contributed by atoms with E-state index in [1.165, 1.54) is 6.08 Å². The Morgan fingerprint density at radius 3 is 2.79 bits per heavy atom. The molecule has 0 bridgehead atoms. The maximum atomic E-state index is 10.6. The lowest BCUT2D eigenvalue weighted by Crippen LogP contribution is -2.50. The van der Waals surface area contributed by atoms with Gasteiger partial charge < -0.3 is 14.9 Å². The van der Waals surface area contributed by atoms with E-state index in [0.29, 0.717) is 6.04 Å². The van der Waals surface area contributed by atoms with Gasteiger partial charge in [-0.15, -0.1) is 0 Å². The Morgan fingerprint density at radius 2 is 2.11 bits per heavy atom. The maximum absolute atomic E-state index is 10.6. The van der Waals surface area contributed by atoms with Gasteiger partial charge in [-0.25, -0.2) is 4.79 Å². The zero-order chi connectivity index (χ0) is 13.8. The molecule has 1 N–H and O–H groups in total. The van der Waals surface area contributed by atoms with Crippen LogP contribution in [0, 0.1) is 0 Å². The molecule has 2 rings (SSSR count). The molecular weight excluding hydrogens is 240 g/mol. The molecule has 0 radical (unpaired) electrons. The first-order valence-electron chi connectivity index (χ1n) is 6.53.